The molecule has 0 spiro atoms. The van der Waals surface area contributed by atoms with Gasteiger partial charge in [0.2, 0.25) is 0 Å². The molecule has 0 unspecified atom stereocenters. The summed E-state index contributed by atoms with van der Waals surface area (Å²) in [5, 5.41) is 3.79. The van der Waals surface area contributed by atoms with E-state index in [-0.39, 0.29) is 12.0 Å². The molecule has 28 heavy (non-hydrogen) atoms. The van der Waals surface area contributed by atoms with E-state index in [1.807, 2.05) is 42.5 Å². The van der Waals surface area contributed by atoms with Crippen LogP contribution in [0.3, 0.4) is 0 Å². The number of amides is 1. The van der Waals surface area contributed by atoms with Crippen molar-refractivity contribution < 1.29 is 9.53 Å². The van der Waals surface area contributed by atoms with E-state index in [0.717, 1.165) is 42.6 Å². The molecule has 6 nitrogen and oxygen atoms in total. The van der Waals surface area contributed by atoms with E-state index in [9.17, 15) is 4.79 Å². The van der Waals surface area contributed by atoms with E-state index in [1.54, 1.807) is 12.4 Å². The van der Waals surface area contributed by atoms with Crippen LogP contribution >= 0.6 is 0 Å². The Bertz CT molecular complexity index is 950. The monoisotopic (exact) mass is 376 g/mol. The molecule has 1 N–H and O–H groups in total. The van der Waals surface area contributed by atoms with E-state index in [1.165, 1.54) is 0 Å². The van der Waals surface area contributed by atoms with Crippen LogP contribution in [0.2, 0.25) is 0 Å². The topological polar surface area (TPSA) is 67.3 Å². The van der Waals surface area contributed by atoms with Gasteiger partial charge in [0.15, 0.2) is 5.65 Å². The second kappa shape index (κ2) is 8.35. The SMILES string of the molecule is CN1CCC(Oc2ccc(CNC(=O)c3cnc4ncccc4c3)cc2)CC1. The second-order valence-electron chi connectivity index (χ2n) is 7.22. The fourth-order valence-corrected chi connectivity index (χ4v) is 3.36. The second-order valence-corrected chi connectivity index (χ2v) is 7.22. The molecule has 1 fully saturated rings. The average Bonchev–Trinajstić information content (AvgIpc) is 2.74. The summed E-state index contributed by atoms with van der Waals surface area (Å²) in [6, 6.07) is 13.5. The molecule has 4 rings (SSSR count). The molecule has 1 aromatic carbocycles. The first-order chi connectivity index (χ1) is 13.7. The minimum atomic E-state index is -0.148. The van der Waals surface area contributed by atoms with Gasteiger partial charge in [0, 0.05) is 37.4 Å². The van der Waals surface area contributed by atoms with Crippen molar-refractivity contribution in [3.8, 4) is 5.75 Å². The number of carbonyl (C=O) groups excluding carboxylic acids is 1. The highest BCUT2D eigenvalue weighted by molar-refractivity contribution is 5.96. The van der Waals surface area contributed by atoms with Gasteiger partial charge in [-0.05, 0) is 55.8 Å². The fourth-order valence-electron chi connectivity index (χ4n) is 3.36. The number of likely N-dealkylation sites (tertiary alicyclic amines) is 1. The fraction of sp³-hybridized carbons (Fsp3) is 0.318. The maximum Gasteiger partial charge on any atom is 0.253 e. The largest absolute Gasteiger partial charge is 0.490 e. The zero-order valence-electron chi connectivity index (χ0n) is 16.0. The molecule has 0 bridgehead atoms. The normalized spacial score (nSPS) is 15.5. The lowest BCUT2D eigenvalue weighted by atomic mass is 10.1. The summed E-state index contributed by atoms with van der Waals surface area (Å²) in [5.41, 5.74) is 2.20. The maximum absolute atomic E-state index is 12.4. The highest BCUT2D eigenvalue weighted by Gasteiger charge is 2.17. The Kier molecular flexibility index (Phi) is 5.48. The van der Waals surface area contributed by atoms with Crippen molar-refractivity contribution in [2.24, 2.45) is 0 Å². The molecular formula is C22H24N4O2. The Morgan fingerprint density at radius 1 is 1.18 bits per heavy atom. The van der Waals surface area contributed by atoms with Crippen LogP contribution in [0.15, 0.2) is 54.9 Å². The lowest BCUT2D eigenvalue weighted by Gasteiger charge is -2.29. The first-order valence-corrected chi connectivity index (χ1v) is 9.60. The molecule has 0 saturated carbocycles. The minimum absolute atomic E-state index is 0.148. The third-order valence-electron chi connectivity index (χ3n) is 5.06. The molecule has 1 amide bonds. The van der Waals surface area contributed by atoms with Gasteiger partial charge in [-0.1, -0.05) is 12.1 Å². The van der Waals surface area contributed by atoms with E-state index >= 15 is 0 Å². The van der Waals surface area contributed by atoms with Gasteiger partial charge >= 0.3 is 0 Å². The zero-order chi connectivity index (χ0) is 19.3. The minimum Gasteiger partial charge on any atom is -0.490 e. The number of ether oxygens (including phenoxy) is 1. The van der Waals surface area contributed by atoms with Crippen LogP contribution in [0, 0.1) is 0 Å². The molecule has 1 aliphatic heterocycles. The molecule has 6 heteroatoms. The Balaban J connectivity index is 1.32. The van der Waals surface area contributed by atoms with Crippen LogP contribution in [0.25, 0.3) is 11.0 Å². The average molecular weight is 376 g/mol. The predicted molar refractivity (Wildman–Crippen MR) is 108 cm³/mol. The summed E-state index contributed by atoms with van der Waals surface area (Å²) in [6.45, 7) is 2.61. The number of pyridine rings is 2. The van der Waals surface area contributed by atoms with Crippen molar-refractivity contribution in [1.82, 2.24) is 20.2 Å². The number of fused-ring (bicyclic) bond motifs is 1. The number of benzene rings is 1. The number of aromatic nitrogens is 2. The molecule has 0 radical (unpaired) electrons. The van der Waals surface area contributed by atoms with Gasteiger partial charge in [-0.2, -0.15) is 0 Å². The first-order valence-electron chi connectivity index (χ1n) is 9.60. The molecular weight excluding hydrogens is 352 g/mol. The number of hydrogen-bond acceptors (Lipinski definition) is 5. The van der Waals surface area contributed by atoms with Gasteiger partial charge in [0.25, 0.3) is 5.91 Å². The molecule has 0 aliphatic carbocycles. The number of rotatable bonds is 5. The molecule has 1 aliphatic rings. The van der Waals surface area contributed by atoms with Gasteiger partial charge < -0.3 is 15.0 Å². The van der Waals surface area contributed by atoms with Gasteiger partial charge in [-0.3, -0.25) is 4.79 Å². The number of carbonyl (C=O) groups is 1. The van der Waals surface area contributed by atoms with Crippen molar-refractivity contribution in [2.75, 3.05) is 20.1 Å². The summed E-state index contributed by atoms with van der Waals surface area (Å²) in [7, 11) is 2.14. The standard InChI is InChI=1S/C22H24N4O2/c1-26-11-8-20(9-12-26)28-19-6-4-16(5-7-19)14-25-22(27)18-13-17-3-2-10-23-21(17)24-15-18/h2-7,10,13,15,20H,8-9,11-12,14H2,1H3,(H,25,27). The van der Waals surface area contributed by atoms with Crippen LogP contribution in [0.4, 0.5) is 0 Å². The van der Waals surface area contributed by atoms with E-state index < -0.39 is 0 Å². The van der Waals surface area contributed by atoms with Crippen molar-refractivity contribution in [1.29, 1.82) is 0 Å². The summed E-state index contributed by atoms with van der Waals surface area (Å²) < 4.78 is 6.07. The third-order valence-corrected chi connectivity index (χ3v) is 5.06. The number of nitrogens with zero attached hydrogens (tertiary/aromatic N) is 3. The molecule has 3 aromatic rings. The van der Waals surface area contributed by atoms with Gasteiger partial charge in [-0.25, -0.2) is 9.97 Å². The van der Waals surface area contributed by atoms with Gasteiger partial charge in [0.05, 0.1) is 5.56 Å². The van der Waals surface area contributed by atoms with Gasteiger partial charge in [-0.15, -0.1) is 0 Å². The van der Waals surface area contributed by atoms with E-state index in [4.69, 9.17) is 4.74 Å². The lowest BCUT2D eigenvalue weighted by Crippen LogP contribution is -2.35. The molecule has 144 valence electrons. The van der Waals surface area contributed by atoms with Crippen LogP contribution < -0.4 is 10.1 Å². The maximum atomic E-state index is 12.4. The van der Waals surface area contributed by atoms with Crippen molar-refractivity contribution in [3.63, 3.8) is 0 Å². The van der Waals surface area contributed by atoms with Crippen molar-refractivity contribution in [2.45, 2.75) is 25.5 Å². The predicted octanol–water partition coefficient (Wildman–Crippen LogP) is 3.03. The van der Waals surface area contributed by atoms with E-state index in [2.05, 4.69) is 27.2 Å². The number of hydrogen-bond donors (Lipinski definition) is 1. The van der Waals surface area contributed by atoms with Crippen LogP contribution in [-0.2, 0) is 6.54 Å². The summed E-state index contributed by atoms with van der Waals surface area (Å²) in [5.74, 6) is 0.737. The van der Waals surface area contributed by atoms with Crippen LogP contribution in [0.5, 0.6) is 5.75 Å². The molecule has 2 aromatic heterocycles. The smallest absolute Gasteiger partial charge is 0.253 e. The first kappa shape index (κ1) is 18.4. The summed E-state index contributed by atoms with van der Waals surface area (Å²) in [6.07, 6.45) is 5.66. The Hall–Kier alpha value is -2.99. The Morgan fingerprint density at radius 2 is 1.96 bits per heavy atom. The Morgan fingerprint density at radius 3 is 2.75 bits per heavy atom. The molecule has 1 saturated heterocycles. The summed E-state index contributed by atoms with van der Waals surface area (Å²) >= 11 is 0. The Labute approximate surface area is 164 Å². The number of piperidine rings is 1. The number of nitrogens with one attached hydrogen (secondary N) is 1. The van der Waals surface area contributed by atoms with Crippen LogP contribution in [-0.4, -0.2) is 47.0 Å². The third kappa shape index (κ3) is 4.46. The quantitative estimate of drug-likeness (QED) is 0.741. The van der Waals surface area contributed by atoms with Crippen molar-refractivity contribution >= 4 is 16.9 Å². The summed E-state index contributed by atoms with van der Waals surface area (Å²) in [4.78, 5) is 23.2. The highest BCUT2D eigenvalue weighted by atomic mass is 16.5. The van der Waals surface area contributed by atoms with Crippen LogP contribution in [0.1, 0.15) is 28.8 Å². The lowest BCUT2D eigenvalue weighted by molar-refractivity contribution is 0.0950. The zero-order valence-corrected chi connectivity index (χ0v) is 16.0. The highest BCUT2D eigenvalue weighted by Crippen LogP contribution is 2.19. The molecule has 3 heterocycles. The molecule has 0 atom stereocenters. The van der Waals surface area contributed by atoms with E-state index in [0.29, 0.717) is 17.8 Å². The van der Waals surface area contributed by atoms with Crippen molar-refractivity contribution in [3.05, 3.63) is 66.0 Å². The van der Waals surface area contributed by atoms with Gasteiger partial charge in [0.1, 0.15) is 11.9 Å².